The van der Waals surface area contributed by atoms with Gasteiger partial charge in [-0.3, -0.25) is 19.5 Å². The third-order valence-corrected chi connectivity index (χ3v) is 6.93. The summed E-state index contributed by atoms with van der Waals surface area (Å²) in [6.07, 6.45) is 2.73. The van der Waals surface area contributed by atoms with Crippen LogP contribution in [0.1, 0.15) is 43.8 Å². The van der Waals surface area contributed by atoms with E-state index in [4.69, 9.17) is 0 Å². The van der Waals surface area contributed by atoms with Gasteiger partial charge in [0.25, 0.3) is 5.56 Å². The lowest BCUT2D eigenvalue weighted by Gasteiger charge is -2.16. The van der Waals surface area contributed by atoms with E-state index in [0.29, 0.717) is 27.7 Å². The molecular weight excluding hydrogens is 442 g/mol. The predicted molar refractivity (Wildman–Crippen MR) is 130 cm³/mol. The number of benzene rings is 1. The molecule has 0 radical (unpaired) electrons. The molecule has 1 N–H and O–H groups in total. The molecule has 3 heterocycles. The van der Waals surface area contributed by atoms with Crippen LogP contribution in [0.2, 0.25) is 0 Å². The van der Waals surface area contributed by atoms with Crippen molar-refractivity contribution in [3.8, 4) is 11.1 Å². The van der Waals surface area contributed by atoms with Crippen molar-refractivity contribution < 1.29 is 4.79 Å². The summed E-state index contributed by atoms with van der Waals surface area (Å²) in [4.78, 5) is 31.6. The van der Waals surface area contributed by atoms with Crippen molar-refractivity contribution >= 4 is 43.9 Å². The fourth-order valence-electron chi connectivity index (χ4n) is 3.55. The van der Waals surface area contributed by atoms with E-state index in [0.717, 1.165) is 28.1 Å². The normalized spacial score (nSPS) is 12.4. The Bertz CT molecular complexity index is 1300. The SMILES string of the molecule is CCC(C(=O)Nc1nnc(CC(C)C)s1)n1cnc2scc(-c3ccc(C)cc3)c2c1=O. The largest absolute Gasteiger partial charge is 0.299 e. The quantitative estimate of drug-likeness (QED) is 0.410. The van der Waals surface area contributed by atoms with Crippen LogP contribution in [-0.2, 0) is 11.2 Å². The lowest BCUT2D eigenvalue weighted by atomic mass is 10.0. The first-order chi connectivity index (χ1) is 15.4. The zero-order chi connectivity index (χ0) is 22.8. The van der Waals surface area contributed by atoms with Crippen molar-refractivity contribution in [3.63, 3.8) is 0 Å². The monoisotopic (exact) mass is 467 g/mol. The number of amides is 1. The standard InChI is InChI=1S/C23H25N5O2S2/c1-5-17(20(29)25-23-27-26-18(32-23)10-13(2)3)28-12-24-21-19(22(28)30)16(11-31-21)15-8-6-14(4)7-9-15/h6-9,11-13,17H,5,10H2,1-4H3,(H,25,27,29). The molecule has 4 rings (SSSR count). The van der Waals surface area contributed by atoms with Crippen molar-refractivity contribution in [1.29, 1.82) is 0 Å². The molecule has 0 spiro atoms. The van der Waals surface area contributed by atoms with Gasteiger partial charge in [0.2, 0.25) is 11.0 Å². The summed E-state index contributed by atoms with van der Waals surface area (Å²) in [5, 5.41) is 14.9. The molecule has 0 aliphatic heterocycles. The number of nitrogens with one attached hydrogen (secondary N) is 1. The van der Waals surface area contributed by atoms with Gasteiger partial charge in [0.15, 0.2) is 0 Å². The highest BCUT2D eigenvalue weighted by molar-refractivity contribution is 7.17. The molecule has 1 aromatic carbocycles. The van der Waals surface area contributed by atoms with Gasteiger partial charge in [-0.1, -0.05) is 61.9 Å². The fourth-order valence-corrected chi connectivity index (χ4v) is 5.41. The number of aryl methyl sites for hydroxylation is 1. The first-order valence-electron chi connectivity index (χ1n) is 10.6. The topological polar surface area (TPSA) is 89.8 Å². The number of anilines is 1. The zero-order valence-corrected chi connectivity index (χ0v) is 20.1. The van der Waals surface area contributed by atoms with Gasteiger partial charge >= 0.3 is 0 Å². The first-order valence-corrected chi connectivity index (χ1v) is 12.3. The Hall–Kier alpha value is -2.91. The lowest BCUT2D eigenvalue weighted by Crippen LogP contribution is -2.33. The molecule has 0 bridgehead atoms. The van der Waals surface area contributed by atoms with E-state index < -0.39 is 6.04 Å². The molecule has 1 amide bonds. The summed E-state index contributed by atoms with van der Waals surface area (Å²) < 4.78 is 1.43. The number of hydrogen-bond acceptors (Lipinski definition) is 7. The van der Waals surface area contributed by atoms with Crippen LogP contribution in [0.25, 0.3) is 21.3 Å². The van der Waals surface area contributed by atoms with Crippen molar-refractivity contribution in [2.24, 2.45) is 5.92 Å². The molecule has 1 atom stereocenters. The van der Waals surface area contributed by atoms with E-state index >= 15 is 0 Å². The van der Waals surface area contributed by atoms with Crippen LogP contribution in [0.15, 0.2) is 40.8 Å². The number of carbonyl (C=O) groups excluding carboxylic acids is 1. The number of fused-ring (bicyclic) bond motifs is 1. The first kappa shape index (κ1) is 22.3. The fraction of sp³-hybridized carbons (Fsp3) is 0.348. The summed E-state index contributed by atoms with van der Waals surface area (Å²) in [5.74, 6) is 0.162. The highest BCUT2D eigenvalue weighted by Crippen LogP contribution is 2.31. The average molecular weight is 468 g/mol. The van der Waals surface area contributed by atoms with Crippen molar-refractivity contribution in [3.05, 3.63) is 56.9 Å². The molecule has 32 heavy (non-hydrogen) atoms. The molecule has 0 aliphatic rings. The predicted octanol–water partition coefficient (Wildman–Crippen LogP) is 5.07. The molecule has 0 saturated heterocycles. The number of thiophene rings is 1. The van der Waals surface area contributed by atoms with Crippen molar-refractivity contribution in [2.75, 3.05) is 5.32 Å². The highest BCUT2D eigenvalue weighted by Gasteiger charge is 2.24. The number of aromatic nitrogens is 4. The van der Waals surface area contributed by atoms with Gasteiger partial charge in [-0.25, -0.2) is 4.98 Å². The molecule has 3 aromatic heterocycles. The van der Waals surface area contributed by atoms with E-state index in [-0.39, 0.29) is 11.5 Å². The molecule has 9 heteroatoms. The van der Waals surface area contributed by atoms with Gasteiger partial charge in [0, 0.05) is 17.4 Å². The lowest BCUT2D eigenvalue weighted by molar-refractivity contribution is -0.119. The Labute approximate surface area is 194 Å². The molecule has 1 unspecified atom stereocenters. The highest BCUT2D eigenvalue weighted by atomic mass is 32.1. The summed E-state index contributed by atoms with van der Waals surface area (Å²) in [7, 11) is 0. The van der Waals surface area contributed by atoms with Gasteiger partial charge in [-0.05, 0) is 24.8 Å². The van der Waals surface area contributed by atoms with Gasteiger partial charge in [0.1, 0.15) is 15.9 Å². The van der Waals surface area contributed by atoms with Crippen molar-refractivity contribution in [2.45, 2.75) is 46.6 Å². The minimum absolute atomic E-state index is 0.216. The summed E-state index contributed by atoms with van der Waals surface area (Å²) in [6, 6.07) is 7.35. The second-order valence-electron chi connectivity index (χ2n) is 8.16. The summed E-state index contributed by atoms with van der Waals surface area (Å²) in [5.41, 5.74) is 2.74. The van der Waals surface area contributed by atoms with Crippen LogP contribution in [0.3, 0.4) is 0 Å². The van der Waals surface area contributed by atoms with Crippen LogP contribution in [0.5, 0.6) is 0 Å². The van der Waals surface area contributed by atoms with E-state index in [1.165, 1.54) is 33.6 Å². The Morgan fingerprint density at radius 2 is 1.94 bits per heavy atom. The number of nitrogens with zero attached hydrogens (tertiary/aromatic N) is 4. The second-order valence-corrected chi connectivity index (χ2v) is 10.1. The van der Waals surface area contributed by atoms with Crippen LogP contribution < -0.4 is 10.9 Å². The third-order valence-electron chi connectivity index (χ3n) is 5.19. The maximum atomic E-state index is 13.5. The zero-order valence-electron chi connectivity index (χ0n) is 18.5. The molecule has 0 fully saturated rings. The molecule has 0 aliphatic carbocycles. The van der Waals surface area contributed by atoms with E-state index in [1.807, 2.05) is 43.5 Å². The molecular formula is C23H25N5O2S2. The Morgan fingerprint density at radius 3 is 2.62 bits per heavy atom. The number of carbonyl (C=O) groups is 1. The second kappa shape index (κ2) is 9.30. The minimum Gasteiger partial charge on any atom is -0.299 e. The van der Waals surface area contributed by atoms with Gasteiger partial charge in [0.05, 0.1) is 11.7 Å². The maximum Gasteiger partial charge on any atom is 0.263 e. The van der Waals surface area contributed by atoms with E-state index in [9.17, 15) is 9.59 Å². The average Bonchev–Trinajstić information content (AvgIpc) is 3.37. The number of rotatable bonds is 7. The van der Waals surface area contributed by atoms with Crippen LogP contribution >= 0.6 is 22.7 Å². The van der Waals surface area contributed by atoms with Crippen molar-refractivity contribution in [1.82, 2.24) is 19.7 Å². The third kappa shape index (κ3) is 4.49. The van der Waals surface area contributed by atoms with Crippen LogP contribution in [0.4, 0.5) is 5.13 Å². The smallest absolute Gasteiger partial charge is 0.263 e. The Balaban J connectivity index is 1.66. The van der Waals surface area contributed by atoms with E-state index in [1.54, 1.807) is 0 Å². The van der Waals surface area contributed by atoms with Gasteiger partial charge < -0.3 is 0 Å². The van der Waals surface area contributed by atoms with Gasteiger partial charge in [-0.15, -0.1) is 21.5 Å². The van der Waals surface area contributed by atoms with Crippen LogP contribution in [0, 0.1) is 12.8 Å². The van der Waals surface area contributed by atoms with Gasteiger partial charge in [-0.2, -0.15) is 0 Å². The maximum absolute atomic E-state index is 13.5. The Kier molecular flexibility index (Phi) is 6.48. The molecule has 7 nitrogen and oxygen atoms in total. The number of hydrogen-bond donors (Lipinski definition) is 1. The minimum atomic E-state index is -0.692. The summed E-state index contributed by atoms with van der Waals surface area (Å²) in [6.45, 7) is 8.12. The molecule has 4 aromatic rings. The van der Waals surface area contributed by atoms with E-state index in [2.05, 4.69) is 34.3 Å². The molecule has 166 valence electrons. The van der Waals surface area contributed by atoms with Crippen LogP contribution in [-0.4, -0.2) is 25.7 Å². The molecule has 0 saturated carbocycles. The Morgan fingerprint density at radius 1 is 1.19 bits per heavy atom. The summed E-state index contributed by atoms with van der Waals surface area (Å²) >= 11 is 2.80.